The van der Waals surface area contributed by atoms with E-state index in [1.54, 1.807) is 0 Å². The fraction of sp³-hybridized carbons (Fsp3) is 0.300. The zero-order valence-corrected chi connectivity index (χ0v) is 18.0. The molecule has 2 aromatic carbocycles. The van der Waals surface area contributed by atoms with Gasteiger partial charge in [0.05, 0.1) is 27.5 Å². The number of thiazole rings is 1. The van der Waals surface area contributed by atoms with Gasteiger partial charge in [-0.25, -0.2) is 17.2 Å². The van der Waals surface area contributed by atoms with E-state index in [2.05, 4.69) is 4.99 Å². The van der Waals surface area contributed by atoms with E-state index in [0.29, 0.717) is 11.3 Å². The highest BCUT2D eigenvalue weighted by atomic mass is 32.2. The SMILES string of the molecule is CCOCCn1c(=NC(=O)c2cccc(S(=O)(=O)CC)c2)sc2cc(F)cc(F)c21. The predicted molar refractivity (Wildman–Crippen MR) is 110 cm³/mol. The maximum absolute atomic E-state index is 14.4. The minimum atomic E-state index is -3.49. The zero-order chi connectivity index (χ0) is 21.9. The monoisotopic (exact) mass is 454 g/mol. The molecule has 1 amide bonds. The Hall–Kier alpha value is -2.43. The number of aromatic nitrogens is 1. The van der Waals surface area contributed by atoms with E-state index in [9.17, 15) is 22.0 Å². The van der Waals surface area contributed by atoms with Crippen molar-refractivity contribution in [3.05, 3.63) is 58.4 Å². The van der Waals surface area contributed by atoms with Gasteiger partial charge in [-0.1, -0.05) is 24.3 Å². The Morgan fingerprint density at radius 1 is 1.20 bits per heavy atom. The summed E-state index contributed by atoms with van der Waals surface area (Å²) in [7, 11) is -3.49. The molecule has 30 heavy (non-hydrogen) atoms. The lowest BCUT2D eigenvalue weighted by Crippen LogP contribution is -2.20. The van der Waals surface area contributed by atoms with E-state index < -0.39 is 27.4 Å². The molecule has 0 atom stereocenters. The van der Waals surface area contributed by atoms with Crippen LogP contribution in [0.3, 0.4) is 0 Å². The van der Waals surface area contributed by atoms with Crippen LogP contribution in [0.1, 0.15) is 24.2 Å². The summed E-state index contributed by atoms with van der Waals surface area (Å²) >= 11 is 0.969. The fourth-order valence-corrected chi connectivity index (χ4v) is 4.88. The van der Waals surface area contributed by atoms with E-state index in [1.807, 2.05) is 6.92 Å². The van der Waals surface area contributed by atoms with Crippen LogP contribution in [0.25, 0.3) is 10.2 Å². The molecular weight excluding hydrogens is 434 g/mol. The highest BCUT2D eigenvalue weighted by molar-refractivity contribution is 7.91. The molecule has 160 valence electrons. The molecule has 0 aliphatic carbocycles. The molecule has 0 fully saturated rings. The van der Waals surface area contributed by atoms with Crippen LogP contribution in [0.4, 0.5) is 8.78 Å². The molecule has 1 aromatic heterocycles. The number of hydrogen-bond acceptors (Lipinski definition) is 5. The smallest absolute Gasteiger partial charge is 0.279 e. The van der Waals surface area contributed by atoms with E-state index in [0.717, 1.165) is 17.4 Å². The Bertz CT molecular complexity index is 1260. The number of sulfone groups is 1. The van der Waals surface area contributed by atoms with Gasteiger partial charge in [-0.3, -0.25) is 4.79 Å². The summed E-state index contributed by atoms with van der Waals surface area (Å²) in [5.74, 6) is -2.27. The Balaban J connectivity index is 2.11. The Labute approximate surface area is 176 Å². The summed E-state index contributed by atoms with van der Waals surface area (Å²) in [6.07, 6.45) is 0. The zero-order valence-electron chi connectivity index (χ0n) is 16.4. The molecule has 0 bridgehead atoms. The average molecular weight is 455 g/mol. The first kappa shape index (κ1) is 22.3. The van der Waals surface area contributed by atoms with Crippen LogP contribution in [-0.2, 0) is 21.1 Å². The molecule has 0 spiro atoms. The number of amides is 1. The lowest BCUT2D eigenvalue weighted by Gasteiger charge is -2.06. The van der Waals surface area contributed by atoms with Crippen LogP contribution in [0.15, 0.2) is 46.3 Å². The van der Waals surface area contributed by atoms with Crippen molar-refractivity contribution in [3.63, 3.8) is 0 Å². The highest BCUT2D eigenvalue weighted by Crippen LogP contribution is 2.22. The van der Waals surface area contributed by atoms with Gasteiger partial charge < -0.3 is 9.30 Å². The molecule has 6 nitrogen and oxygen atoms in total. The second-order valence-corrected chi connectivity index (χ2v) is 9.60. The summed E-state index contributed by atoms with van der Waals surface area (Å²) in [5, 5.41) is 0. The van der Waals surface area contributed by atoms with E-state index >= 15 is 0 Å². The topological polar surface area (TPSA) is 77.7 Å². The predicted octanol–water partition coefficient (Wildman–Crippen LogP) is 3.55. The Morgan fingerprint density at radius 2 is 1.97 bits per heavy atom. The van der Waals surface area contributed by atoms with E-state index in [-0.39, 0.29) is 39.7 Å². The first-order valence-corrected chi connectivity index (χ1v) is 11.7. The summed E-state index contributed by atoms with van der Waals surface area (Å²) in [6, 6.07) is 7.56. The van der Waals surface area contributed by atoms with Crippen LogP contribution in [0.2, 0.25) is 0 Å². The molecule has 0 N–H and O–H groups in total. The number of nitrogens with zero attached hydrogens (tertiary/aromatic N) is 2. The average Bonchev–Trinajstić information content (AvgIpc) is 3.05. The molecule has 10 heteroatoms. The number of ether oxygens (including phenoxy) is 1. The molecule has 0 aliphatic heterocycles. The van der Waals surface area contributed by atoms with Gasteiger partial charge in [0.2, 0.25) is 0 Å². The number of hydrogen-bond donors (Lipinski definition) is 0. The molecule has 0 unspecified atom stereocenters. The van der Waals surface area contributed by atoms with Crippen molar-refractivity contribution < 1.29 is 26.7 Å². The standard InChI is InChI=1S/C20H20F2N2O4S2/c1-3-28-9-8-24-18-16(22)11-14(21)12-17(18)29-20(24)23-19(25)13-6-5-7-15(10-13)30(26,27)4-2/h5-7,10-12H,3-4,8-9H2,1-2H3. The minimum Gasteiger partial charge on any atom is -0.380 e. The second kappa shape index (κ2) is 9.15. The molecular formula is C20H20F2N2O4S2. The van der Waals surface area contributed by atoms with Gasteiger partial charge in [0.25, 0.3) is 5.91 Å². The fourth-order valence-electron chi connectivity index (χ4n) is 2.86. The van der Waals surface area contributed by atoms with Gasteiger partial charge in [0, 0.05) is 24.8 Å². The third-order valence-electron chi connectivity index (χ3n) is 4.38. The van der Waals surface area contributed by atoms with Crippen LogP contribution in [0, 0.1) is 11.6 Å². The lowest BCUT2D eigenvalue weighted by molar-refractivity contribution is 0.0996. The molecule has 0 saturated carbocycles. The number of carbonyl (C=O) groups excluding carboxylic acids is 1. The number of halogens is 2. The van der Waals surface area contributed by atoms with Crippen molar-refractivity contribution in [2.45, 2.75) is 25.3 Å². The highest BCUT2D eigenvalue weighted by Gasteiger charge is 2.16. The van der Waals surface area contributed by atoms with Crippen LogP contribution < -0.4 is 4.80 Å². The van der Waals surface area contributed by atoms with Gasteiger partial charge in [-0.05, 0) is 31.2 Å². The second-order valence-electron chi connectivity index (χ2n) is 6.32. The number of fused-ring (bicyclic) bond motifs is 1. The third-order valence-corrected chi connectivity index (χ3v) is 7.13. The quantitative estimate of drug-likeness (QED) is 0.512. The lowest BCUT2D eigenvalue weighted by atomic mass is 10.2. The van der Waals surface area contributed by atoms with Gasteiger partial charge in [-0.15, -0.1) is 0 Å². The van der Waals surface area contributed by atoms with E-state index in [4.69, 9.17) is 4.74 Å². The maximum atomic E-state index is 14.4. The first-order chi connectivity index (χ1) is 14.3. The number of rotatable bonds is 7. The molecule has 1 heterocycles. The van der Waals surface area contributed by atoms with Crippen molar-refractivity contribution in [1.29, 1.82) is 0 Å². The van der Waals surface area contributed by atoms with Gasteiger partial charge in [0.15, 0.2) is 20.5 Å². The number of carbonyl (C=O) groups is 1. The van der Waals surface area contributed by atoms with Crippen LogP contribution in [-0.4, -0.2) is 37.9 Å². The summed E-state index contributed by atoms with van der Waals surface area (Å²) in [6.45, 7) is 4.26. The summed E-state index contributed by atoms with van der Waals surface area (Å²) in [5.41, 5.74) is 0.222. The Kier molecular flexibility index (Phi) is 6.79. The van der Waals surface area contributed by atoms with Crippen LogP contribution >= 0.6 is 11.3 Å². The van der Waals surface area contributed by atoms with Gasteiger partial charge in [-0.2, -0.15) is 4.99 Å². The minimum absolute atomic E-state index is 0.0275. The summed E-state index contributed by atoms with van der Waals surface area (Å²) < 4.78 is 59.3. The Morgan fingerprint density at radius 3 is 2.67 bits per heavy atom. The summed E-state index contributed by atoms with van der Waals surface area (Å²) in [4.78, 5) is 17.0. The van der Waals surface area contributed by atoms with E-state index in [1.165, 1.54) is 41.8 Å². The molecule has 0 aliphatic rings. The molecule has 0 saturated heterocycles. The normalized spacial score (nSPS) is 12.6. The first-order valence-electron chi connectivity index (χ1n) is 9.24. The number of benzene rings is 2. The molecule has 3 rings (SSSR count). The van der Waals surface area contributed by atoms with Crippen molar-refractivity contribution in [2.75, 3.05) is 19.0 Å². The van der Waals surface area contributed by atoms with Crippen molar-refractivity contribution in [3.8, 4) is 0 Å². The molecule has 3 aromatic rings. The van der Waals surface area contributed by atoms with Crippen molar-refractivity contribution in [2.24, 2.45) is 4.99 Å². The molecule has 0 radical (unpaired) electrons. The van der Waals surface area contributed by atoms with Crippen molar-refractivity contribution in [1.82, 2.24) is 4.57 Å². The van der Waals surface area contributed by atoms with Crippen molar-refractivity contribution >= 4 is 37.3 Å². The van der Waals surface area contributed by atoms with Crippen LogP contribution in [0.5, 0.6) is 0 Å². The van der Waals surface area contributed by atoms with Gasteiger partial charge in [0.1, 0.15) is 5.82 Å². The third kappa shape index (κ3) is 4.66. The maximum Gasteiger partial charge on any atom is 0.279 e. The largest absolute Gasteiger partial charge is 0.380 e. The van der Waals surface area contributed by atoms with Gasteiger partial charge >= 0.3 is 0 Å².